The monoisotopic (exact) mass is 730 g/mol. The van der Waals surface area contributed by atoms with Crippen molar-refractivity contribution in [1.29, 1.82) is 0 Å². The van der Waals surface area contributed by atoms with Gasteiger partial charge in [0.15, 0.2) is 17.5 Å². The van der Waals surface area contributed by atoms with E-state index in [9.17, 15) is 29.1 Å². The van der Waals surface area contributed by atoms with E-state index < -0.39 is 47.7 Å². The van der Waals surface area contributed by atoms with Gasteiger partial charge >= 0.3 is 5.97 Å². The first-order valence-corrected chi connectivity index (χ1v) is 18.1. The minimum absolute atomic E-state index is 0.00710. The van der Waals surface area contributed by atoms with Crippen LogP contribution in [-0.4, -0.2) is 65.2 Å². The number of amides is 3. The van der Waals surface area contributed by atoms with E-state index in [-0.39, 0.29) is 61.6 Å². The van der Waals surface area contributed by atoms with Crippen LogP contribution in [-0.2, 0) is 25.6 Å². The van der Waals surface area contributed by atoms with Crippen LogP contribution in [0.3, 0.4) is 0 Å². The Bertz CT molecular complexity index is 1720. The lowest BCUT2D eigenvalue weighted by atomic mass is 9.84. The van der Waals surface area contributed by atoms with E-state index in [1.165, 1.54) is 6.07 Å². The van der Waals surface area contributed by atoms with Crippen molar-refractivity contribution < 1.29 is 33.5 Å². The Morgan fingerprint density at radius 1 is 0.849 bits per heavy atom. The van der Waals surface area contributed by atoms with Gasteiger partial charge in [-0.25, -0.2) is 4.79 Å². The van der Waals surface area contributed by atoms with E-state index in [0.29, 0.717) is 18.6 Å². The molecule has 1 heterocycles. The van der Waals surface area contributed by atoms with Gasteiger partial charge in [-0.2, -0.15) is 0 Å². The predicted octanol–water partition coefficient (Wildman–Crippen LogP) is 4.37. The highest BCUT2D eigenvalue weighted by Gasteiger charge is 2.34. The fraction of sp³-hybridized carbons (Fsp3) is 0.450. The van der Waals surface area contributed by atoms with Crippen molar-refractivity contribution in [2.45, 2.75) is 91.3 Å². The van der Waals surface area contributed by atoms with Crippen molar-refractivity contribution in [2.24, 2.45) is 34.2 Å². The Balaban J connectivity index is 1.79. The summed E-state index contributed by atoms with van der Waals surface area (Å²) in [5.74, 6) is -4.03. The van der Waals surface area contributed by atoms with Crippen LogP contribution < -0.4 is 27.4 Å². The van der Waals surface area contributed by atoms with Crippen molar-refractivity contribution >= 4 is 35.4 Å². The maximum Gasteiger partial charge on any atom is 0.326 e. The molecule has 0 aliphatic heterocycles. The average Bonchev–Trinajstić information content (AvgIpc) is 3.61. The second-order valence-electron chi connectivity index (χ2n) is 14.0. The summed E-state index contributed by atoms with van der Waals surface area (Å²) in [7, 11) is 0. The first-order chi connectivity index (χ1) is 25.2. The number of guanidine groups is 1. The molecule has 5 atom stereocenters. The summed E-state index contributed by atoms with van der Waals surface area (Å²) in [6.45, 7) is 9.70. The fourth-order valence-electron chi connectivity index (χ4n) is 5.95. The molecule has 0 fully saturated rings. The van der Waals surface area contributed by atoms with Crippen LogP contribution in [0.4, 0.5) is 0 Å². The van der Waals surface area contributed by atoms with Gasteiger partial charge < -0.3 is 36.9 Å². The van der Waals surface area contributed by atoms with Gasteiger partial charge in [-0.15, -0.1) is 0 Å². The molecule has 8 N–H and O–H groups in total. The van der Waals surface area contributed by atoms with E-state index in [0.717, 1.165) is 16.7 Å². The van der Waals surface area contributed by atoms with Gasteiger partial charge in [-0.05, 0) is 61.8 Å². The van der Waals surface area contributed by atoms with Gasteiger partial charge in [0.1, 0.15) is 17.8 Å². The normalized spacial score (nSPS) is 13.9. The maximum atomic E-state index is 14.0. The molecule has 53 heavy (non-hydrogen) atoms. The summed E-state index contributed by atoms with van der Waals surface area (Å²) in [5.41, 5.74) is 13.5. The maximum absolute atomic E-state index is 14.0. The third-order valence-electron chi connectivity index (χ3n) is 9.10. The summed E-state index contributed by atoms with van der Waals surface area (Å²) >= 11 is 0. The zero-order valence-electron chi connectivity index (χ0n) is 31.3. The van der Waals surface area contributed by atoms with Crippen molar-refractivity contribution in [1.82, 2.24) is 16.0 Å². The Morgan fingerprint density at radius 3 is 2.17 bits per heavy atom. The van der Waals surface area contributed by atoms with Gasteiger partial charge in [-0.1, -0.05) is 88.2 Å². The van der Waals surface area contributed by atoms with Crippen molar-refractivity contribution in [3.05, 3.63) is 83.6 Å². The van der Waals surface area contributed by atoms with Crippen molar-refractivity contribution in [3.63, 3.8) is 0 Å². The van der Waals surface area contributed by atoms with Crippen LogP contribution in [0.5, 0.6) is 0 Å². The molecule has 2 aromatic carbocycles. The summed E-state index contributed by atoms with van der Waals surface area (Å²) in [6.07, 6.45) is 1.19. The molecule has 0 aliphatic carbocycles. The number of carbonyl (C=O) groups excluding carboxylic acids is 4. The number of furan rings is 1. The average molecular weight is 731 g/mol. The highest BCUT2D eigenvalue weighted by molar-refractivity contribution is 5.98. The minimum atomic E-state index is -1.19. The molecule has 13 nitrogen and oxygen atoms in total. The lowest BCUT2D eigenvalue weighted by molar-refractivity contribution is -0.143. The van der Waals surface area contributed by atoms with Crippen LogP contribution in [0.15, 0.2) is 76.1 Å². The number of nitrogens with one attached hydrogen (secondary N) is 3. The number of carboxylic acid groups (broad SMARTS) is 1. The number of aliphatic carboxylic acids is 1. The van der Waals surface area contributed by atoms with Gasteiger partial charge in [0.2, 0.25) is 11.8 Å². The molecule has 0 radical (unpaired) electrons. The topological polar surface area (TPSA) is 219 Å². The minimum Gasteiger partial charge on any atom is -0.480 e. The third-order valence-corrected chi connectivity index (χ3v) is 9.10. The number of hydrogen-bond acceptors (Lipinski definition) is 7. The summed E-state index contributed by atoms with van der Waals surface area (Å²) in [5, 5.41) is 18.1. The molecule has 0 bridgehead atoms. The SMILES string of the molecule is CC[C@H](C)[C@H](CC(=O)[C@H](CC(C)C)NC(=O)[C@H](CCCN=C(N)N)NC(=O)c1ccc(-c2cccc(C)c2)o1)C(=O)N[C@@H](Cc1ccccc1)C(=O)O. The smallest absolute Gasteiger partial charge is 0.326 e. The molecule has 1 aromatic heterocycles. The fourth-order valence-corrected chi connectivity index (χ4v) is 5.95. The lowest BCUT2D eigenvalue weighted by Crippen LogP contribution is -2.53. The summed E-state index contributed by atoms with van der Waals surface area (Å²) in [6, 6.07) is 16.6. The molecule has 13 heteroatoms. The number of nitrogens with zero attached hydrogens (tertiary/aromatic N) is 1. The number of benzene rings is 2. The number of rotatable bonds is 21. The number of ketones is 1. The second-order valence-corrected chi connectivity index (χ2v) is 14.0. The zero-order valence-corrected chi connectivity index (χ0v) is 31.3. The third kappa shape index (κ3) is 13.6. The van der Waals surface area contributed by atoms with E-state index in [1.807, 2.05) is 65.0 Å². The highest BCUT2D eigenvalue weighted by atomic mass is 16.4. The Kier molecular flexibility index (Phi) is 16.3. The lowest BCUT2D eigenvalue weighted by Gasteiger charge is -2.28. The first kappa shape index (κ1) is 42.0. The largest absolute Gasteiger partial charge is 0.480 e. The number of carbonyl (C=O) groups is 5. The molecular weight excluding hydrogens is 676 g/mol. The standard InChI is InChI=1S/C40H54N6O7/c1-6-26(5)29(36(48)46-32(39(51)52)22-27-13-8-7-9-14-27)23-33(47)31(20-24(2)3)45-37(49)30(16-11-19-43-40(41)42)44-38(50)35-18-17-34(53-35)28-15-10-12-25(4)21-28/h7-10,12-15,17-18,21,24,26,29-32H,6,11,16,19-20,22-23H2,1-5H3,(H,44,50)(H,45,49)(H,46,48)(H,51,52)(H4,41,42,43)/t26-,29-,30-,31-,32-/m0/s1. The van der Waals surface area contributed by atoms with Gasteiger partial charge in [-0.3, -0.25) is 24.2 Å². The van der Waals surface area contributed by atoms with Crippen molar-refractivity contribution in [2.75, 3.05) is 6.54 Å². The number of nitrogens with two attached hydrogens (primary N) is 2. The Labute approximate surface area is 311 Å². The highest BCUT2D eigenvalue weighted by Crippen LogP contribution is 2.24. The number of Topliss-reactive ketones (excluding diaryl/α,β-unsaturated/α-hetero) is 1. The van der Waals surface area contributed by atoms with Crippen LogP contribution in [0.2, 0.25) is 0 Å². The molecule has 0 spiro atoms. The van der Waals surface area contributed by atoms with Crippen LogP contribution >= 0.6 is 0 Å². The zero-order chi connectivity index (χ0) is 39.1. The van der Waals surface area contributed by atoms with Gasteiger partial charge in [0, 0.05) is 30.9 Å². The van der Waals surface area contributed by atoms with Gasteiger partial charge in [0.25, 0.3) is 5.91 Å². The van der Waals surface area contributed by atoms with Gasteiger partial charge in [0.05, 0.1) is 6.04 Å². The van der Waals surface area contributed by atoms with Crippen LogP contribution in [0, 0.1) is 24.7 Å². The molecule has 286 valence electrons. The van der Waals surface area contributed by atoms with Crippen LogP contribution in [0.1, 0.15) is 81.5 Å². The number of hydrogen-bond donors (Lipinski definition) is 6. The van der Waals surface area contributed by atoms with E-state index in [2.05, 4.69) is 20.9 Å². The Morgan fingerprint density at radius 2 is 1.55 bits per heavy atom. The van der Waals surface area contributed by atoms with E-state index >= 15 is 0 Å². The molecule has 0 saturated heterocycles. The van der Waals surface area contributed by atoms with E-state index in [4.69, 9.17) is 15.9 Å². The molecule has 0 aliphatic rings. The number of aryl methyl sites for hydroxylation is 1. The summed E-state index contributed by atoms with van der Waals surface area (Å²) < 4.78 is 5.84. The van der Waals surface area contributed by atoms with Crippen LogP contribution in [0.25, 0.3) is 11.3 Å². The molecule has 3 amide bonds. The van der Waals surface area contributed by atoms with E-state index in [1.54, 1.807) is 30.3 Å². The van der Waals surface area contributed by atoms with Crippen molar-refractivity contribution in [3.8, 4) is 11.3 Å². The first-order valence-electron chi connectivity index (χ1n) is 18.1. The molecule has 3 aromatic rings. The predicted molar refractivity (Wildman–Crippen MR) is 204 cm³/mol. The second kappa shape index (κ2) is 20.5. The summed E-state index contributed by atoms with van der Waals surface area (Å²) in [4.78, 5) is 70.9. The molecule has 3 rings (SSSR count). The Hall–Kier alpha value is -5.46. The quantitative estimate of drug-likeness (QED) is 0.0520. The number of aliphatic imine (C=N–C) groups is 1. The number of carboxylic acids is 1. The molecule has 0 saturated carbocycles. The molecular formula is C40H54N6O7. The molecule has 0 unspecified atom stereocenters.